The average molecular weight is 128 g/mol. The first-order valence-corrected chi connectivity index (χ1v) is 2.32. The molecular formula is C3H8MgN2S. The fourth-order valence-corrected chi connectivity index (χ4v) is 0.619. The van der Waals surface area contributed by atoms with Gasteiger partial charge in [-0.05, 0) is 12.2 Å². The minimum atomic E-state index is 0. The van der Waals surface area contributed by atoms with Crippen LogP contribution in [0.5, 0.6) is 0 Å². The zero-order chi connectivity index (χ0) is 4.41. The van der Waals surface area contributed by atoms with Crippen molar-refractivity contribution in [3.8, 4) is 0 Å². The first kappa shape index (κ1) is 7.46. The number of thiocarbonyl (C=S) groups is 1. The summed E-state index contributed by atoms with van der Waals surface area (Å²) in [6.45, 7) is 1.97. The molecule has 1 aliphatic heterocycles. The third-order valence-corrected chi connectivity index (χ3v) is 0.985. The molecule has 1 saturated heterocycles. The van der Waals surface area contributed by atoms with E-state index in [0.717, 1.165) is 18.2 Å². The first-order chi connectivity index (χ1) is 2.89. The summed E-state index contributed by atoms with van der Waals surface area (Å²) in [5.74, 6) is 0. The maximum absolute atomic E-state index is 4.70. The molecule has 0 spiro atoms. The summed E-state index contributed by atoms with van der Waals surface area (Å²) < 4.78 is 0. The monoisotopic (exact) mass is 128 g/mol. The van der Waals surface area contributed by atoms with Gasteiger partial charge in [0, 0.05) is 13.1 Å². The summed E-state index contributed by atoms with van der Waals surface area (Å²) in [7, 11) is 0. The molecular weight excluding hydrogens is 120 g/mol. The van der Waals surface area contributed by atoms with Gasteiger partial charge in [-0.25, -0.2) is 0 Å². The Morgan fingerprint density at radius 3 is 2.00 bits per heavy atom. The Labute approximate surface area is 67.2 Å². The van der Waals surface area contributed by atoms with Crippen molar-refractivity contribution >= 4 is 40.4 Å². The van der Waals surface area contributed by atoms with E-state index in [1.807, 2.05) is 0 Å². The fraction of sp³-hybridized carbons (Fsp3) is 0.667. The van der Waals surface area contributed by atoms with Crippen LogP contribution < -0.4 is 10.6 Å². The standard InChI is InChI=1S/C3H6N2S.Mg.2H/c6-3-4-1-2-5-3;;;/h1-2H2,(H2,4,5,6);;;/q;+2;2*-1. The van der Waals surface area contributed by atoms with Crippen LogP contribution in [-0.2, 0) is 0 Å². The van der Waals surface area contributed by atoms with Crippen molar-refractivity contribution < 1.29 is 2.85 Å². The van der Waals surface area contributed by atoms with E-state index in [0.29, 0.717) is 0 Å². The summed E-state index contributed by atoms with van der Waals surface area (Å²) in [4.78, 5) is 0. The van der Waals surface area contributed by atoms with Crippen molar-refractivity contribution in [3.05, 3.63) is 0 Å². The van der Waals surface area contributed by atoms with Crippen LogP contribution in [0.25, 0.3) is 0 Å². The second kappa shape index (κ2) is 3.46. The van der Waals surface area contributed by atoms with Gasteiger partial charge in [0.1, 0.15) is 0 Å². The first-order valence-electron chi connectivity index (χ1n) is 1.91. The predicted molar refractivity (Wildman–Crippen MR) is 36.6 cm³/mol. The molecule has 0 aromatic rings. The van der Waals surface area contributed by atoms with Gasteiger partial charge in [0.15, 0.2) is 5.11 Å². The largest absolute Gasteiger partial charge is 2.00 e. The van der Waals surface area contributed by atoms with Crippen molar-refractivity contribution in [2.75, 3.05) is 13.1 Å². The molecule has 0 aliphatic carbocycles. The molecule has 0 radical (unpaired) electrons. The Morgan fingerprint density at radius 1 is 1.43 bits per heavy atom. The third-order valence-electron chi connectivity index (χ3n) is 0.696. The molecule has 0 unspecified atom stereocenters. The van der Waals surface area contributed by atoms with E-state index < -0.39 is 0 Å². The van der Waals surface area contributed by atoms with Crippen molar-refractivity contribution in [2.45, 2.75) is 0 Å². The Bertz CT molecular complexity index is 74.2. The quantitative estimate of drug-likeness (QED) is 0.334. The molecule has 4 heteroatoms. The molecule has 1 rings (SSSR count). The van der Waals surface area contributed by atoms with Gasteiger partial charge in [0.2, 0.25) is 0 Å². The Kier molecular flexibility index (Phi) is 3.68. The van der Waals surface area contributed by atoms with Crippen molar-refractivity contribution in [3.63, 3.8) is 0 Å². The zero-order valence-corrected chi connectivity index (χ0v) is 6.26. The average Bonchev–Trinajstić information content (AvgIpc) is 1.86. The fourth-order valence-electron chi connectivity index (χ4n) is 0.415. The van der Waals surface area contributed by atoms with Crippen molar-refractivity contribution in [1.29, 1.82) is 0 Å². The number of hydrogen-bond acceptors (Lipinski definition) is 1. The van der Waals surface area contributed by atoms with E-state index in [-0.39, 0.29) is 25.9 Å². The molecule has 0 aromatic heterocycles. The van der Waals surface area contributed by atoms with Crippen LogP contribution in [0.2, 0.25) is 0 Å². The summed E-state index contributed by atoms with van der Waals surface area (Å²) in [5, 5.41) is 6.67. The van der Waals surface area contributed by atoms with E-state index in [1.165, 1.54) is 0 Å². The molecule has 0 amide bonds. The SMILES string of the molecule is S=C1NCCN1.[H-].[H-].[Mg+2]. The van der Waals surface area contributed by atoms with E-state index in [4.69, 9.17) is 12.2 Å². The van der Waals surface area contributed by atoms with Gasteiger partial charge in [0.05, 0.1) is 0 Å². The molecule has 1 heterocycles. The van der Waals surface area contributed by atoms with Gasteiger partial charge in [-0.2, -0.15) is 0 Å². The Hall–Kier alpha value is 0.456. The van der Waals surface area contributed by atoms with Gasteiger partial charge >= 0.3 is 23.1 Å². The van der Waals surface area contributed by atoms with Gasteiger partial charge in [-0.1, -0.05) is 0 Å². The van der Waals surface area contributed by atoms with Gasteiger partial charge in [-0.15, -0.1) is 0 Å². The third kappa shape index (κ3) is 2.31. The maximum atomic E-state index is 4.70. The van der Waals surface area contributed by atoms with Gasteiger partial charge in [-0.3, -0.25) is 0 Å². The summed E-state index contributed by atoms with van der Waals surface area (Å²) in [6, 6.07) is 0. The van der Waals surface area contributed by atoms with Crippen LogP contribution in [0.1, 0.15) is 2.85 Å². The van der Waals surface area contributed by atoms with Crippen LogP contribution in [0.3, 0.4) is 0 Å². The Balaban J connectivity index is -0.000000120. The Morgan fingerprint density at radius 2 is 1.86 bits per heavy atom. The minimum Gasteiger partial charge on any atom is -1.00 e. The van der Waals surface area contributed by atoms with E-state index >= 15 is 0 Å². The second-order valence-electron chi connectivity index (χ2n) is 1.18. The van der Waals surface area contributed by atoms with Crippen molar-refractivity contribution in [1.82, 2.24) is 10.6 Å². The molecule has 1 fully saturated rings. The predicted octanol–water partition coefficient (Wildman–Crippen LogP) is -0.692. The number of hydrogen-bond donors (Lipinski definition) is 2. The molecule has 7 heavy (non-hydrogen) atoms. The molecule has 0 atom stereocenters. The number of nitrogens with one attached hydrogen (secondary N) is 2. The van der Waals surface area contributed by atoms with Crippen LogP contribution in [0, 0.1) is 0 Å². The van der Waals surface area contributed by atoms with Crippen LogP contribution in [0.4, 0.5) is 0 Å². The molecule has 2 N–H and O–H groups in total. The maximum Gasteiger partial charge on any atom is 2.00 e. The van der Waals surface area contributed by atoms with Gasteiger partial charge < -0.3 is 13.5 Å². The summed E-state index contributed by atoms with van der Waals surface area (Å²) in [6.07, 6.45) is 0. The van der Waals surface area contributed by atoms with Gasteiger partial charge in [0.25, 0.3) is 0 Å². The van der Waals surface area contributed by atoms with Crippen LogP contribution in [-0.4, -0.2) is 41.3 Å². The molecule has 0 bridgehead atoms. The normalized spacial score (nSPS) is 16.9. The van der Waals surface area contributed by atoms with E-state index in [9.17, 15) is 0 Å². The molecule has 0 aromatic carbocycles. The molecule has 0 saturated carbocycles. The van der Waals surface area contributed by atoms with E-state index in [2.05, 4.69) is 10.6 Å². The zero-order valence-electron chi connectivity index (χ0n) is 6.03. The minimum absolute atomic E-state index is 0. The smallest absolute Gasteiger partial charge is 1.00 e. The number of rotatable bonds is 0. The molecule has 1 aliphatic rings. The van der Waals surface area contributed by atoms with Crippen LogP contribution >= 0.6 is 12.2 Å². The van der Waals surface area contributed by atoms with Crippen LogP contribution in [0.15, 0.2) is 0 Å². The molecule has 38 valence electrons. The topological polar surface area (TPSA) is 24.1 Å². The molecule has 2 nitrogen and oxygen atoms in total. The van der Waals surface area contributed by atoms with E-state index in [1.54, 1.807) is 0 Å². The van der Waals surface area contributed by atoms with Crippen molar-refractivity contribution in [2.24, 2.45) is 0 Å². The summed E-state index contributed by atoms with van der Waals surface area (Å²) >= 11 is 4.70. The second-order valence-corrected chi connectivity index (χ2v) is 1.59. The summed E-state index contributed by atoms with van der Waals surface area (Å²) in [5.41, 5.74) is 0.